The Labute approximate surface area is 114 Å². The maximum atomic E-state index is 13.9. The van der Waals surface area contributed by atoms with Gasteiger partial charge in [0.2, 0.25) is 5.91 Å². The van der Waals surface area contributed by atoms with E-state index in [2.05, 4.69) is 5.32 Å². The molecule has 19 heavy (non-hydrogen) atoms. The minimum absolute atomic E-state index is 0.0954. The van der Waals surface area contributed by atoms with Crippen molar-refractivity contribution in [3.05, 3.63) is 59.1 Å². The van der Waals surface area contributed by atoms with Crippen molar-refractivity contribution in [2.45, 2.75) is 17.4 Å². The summed E-state index contributed by atoms with van der Waals surface area (Å²) in [5, 5.41) is 11.0. The number of hydrogen-bond acceptors (Lipinski definition) is 2. The number of carbonyl (C=O) groups excluding carboxylic acids is 1. The van der Waals surface area contributed by atoms with Crippen molar-refractivity contribution in [3.63, 3.8) is 0 Å². The van der Waals surface area contributed by atoms with E-state index >= 15 is 0 Å². The second-order valence-electron chi connectivity index (χ2n) is 4.71. The van der Waals surface area contributed by atoms with Crippen LogP contribution in [-0.4, -0.2) is 16.1 Å². The van der Waals surface area contributed by atoms with Crippen LogP contribution in [0.2, 0.25) is 0 Å². The molecule has 0 bridgehead atoms. The monoisotopic (exact) mass is 279 g/mol. The van der Waals surface area contributed by atoms with Crippen LogP contribution in [-0.2, 0) is 4.79 Å². The number of amides is 1. The first kappa shape index (κ1) is 12.4. The number of benzene rings is 1. The van der Waals surface area contributed by atoms with Crippen molar-refractivity contribution < 1.29 is 14.3 Å². The van der Waals surface area contributed by atoms with Crippen LogP contribution in [0, 0.1) is 5.82 Å². The van der Waals surface area contributed by atoms with E-state index in [1.807, 2.05) is 0 Å². The number of aliphatic hydroxyl groups is 1. The highest BCUT2D eigenvalue weighted by molar-refractivity contribution is 6.24. The lowest BCUT2D eigenvalue weighted by Crippen LogP contribution is -2.23. The first-order valence-electron chi connectivity index (χ1n) is 5.87. The third-order valence-corrected chi connectivity index (χ3v) is 3.63. The number of nitrogens with one attached hydrogen (secondary N) is 1. The van der Waals surface area contributed by atoms with Crippen molar-refractivity contribution >= 4 is 17.5 Å². The van der Waals surface area contributed by atoms with Crippen molar-refractivity contribution in [2.75, 3.05) is 0 Å². The number of alkyl halides is 1. The zero-order chi connectivity index (χ0) is 13.6. The van der Waals surface area contributed by atoms with Crippen LogP contribution in [0.4, 0.5) is 4.39 Å². The lowest BCUT2D eigenvalue weighted by atomic mass is 9.86. The summed E-state index contributed by atoms with van der Waals surface area (Å²) in [4.78, 5) is 12.0. The Kier molecular flexibility index (Phi) is 2.73. The standard InChI is InChI=1S/C14H11ClFNO2/c15-14(19)6-5-11-9(7-14)12(13(18)17-11)8-3-1-2-4-10(8)16/h1-6,12,19H,7H2,(H,17,18). The van der Waals surface area contributed by atoms with Gasteiger partial charge in [0.05, 0.1) is 5.92 Å². The zero-order valence-electron chi connectivity index (χ0n) is 9.86. The van der Waals surface area contributed by atoms with Crippen LogP contribution in [0.3, 0.4) is 0 Å². The number of hydrogen-bond donors (Lipinski definition) is 2. The second-order valence-corrected chi connectivity index (χ2v) is 5.37. The molecule has 2 aliphatic rings. The van der Waals surface area contributed by atoms with E-state index in [0.717, 1.165) is 0 Å². The molecule has 1 heterocycles. The van der Waals surface area contributed by atoms with Gasteiger partial charge in [-0.1, -0.05) is 29.8 Å². The molecule has 0 radical (unpaired) electrons. The number of allylic oxidation sites excluding steroid dienone is 1. The summed E-state index contributed by atoms with van der Waals surface area (Å²) in [6, 6.07) is 6.13. The maximum Gasteiger partial charge on any atom is 0.236 e. The molecule has 0 aromatic heterocycles. The third kappa shape index (κ3) is 2.07. The summed E-state index contributed by atoms with van der Waals surface area (Å²) in [7, 11) is 0. The first-order valence-corrected chi connectivity index (χ1v) is 6.24. The highest BCUT2D eigenvalue weighted by atomic mass is 35.5. The smallest absolute Gasteiger partial charge is 0.236 e. The van der Waals surface area contributed by atoms with Gasteiger partial charge < -0.3 is 10.4 Å². The fourth-order valence-electron chi connectivity index (χ4n) is 2.52. The normalized spacial score (nSPS) is 29.4. The average Bonchev–Trinajstić information content (AvgIpc) is 2.64. The van der Waals surface area contributed by atoms with Crippen LogP contribution in [0.15, 0.2) is 47.7 Å². The Morgan fingerprint density at radius 3 is 2.89 bits per heavy atom. The van der Waals surface area contributed by atoms with Gasteiger partial charge in [0, 0.05) is 17.7 Å². The van der Waals surface area contributed by atoms with Crippen LogP contribution < -0.4 is 5.32 Å². The highest BCUT2D eigenvalue weighted by Gasteiger charge is 2.40. The van der Waals surface area contributed by atoms with Crippen LogP contribution >= 0.6 is 11.6 Å². The topological polar surface area (TPSA) is 49.3 Å². The van der Waals surface area contributed by atoms with E-state index in [9.17, 15) is 14.3 Å². The predicted molar refractivity (Wildman–Crippen MR) is 68.9 cm³/mol. The molecule has 98 valence electrons. The Balaban J connectivity index is 2.07. The molecule has 0 saturated heterocycles. The van der Waals surface area contributed by atoms with Crippen LogP contribution in [0.25, 0.3) is 0 Å². The van der Waals surface area contributed by atoms with Crippen molar-refractivity contribution in [1.29, 1.82) is 0 Å². The Bertz CT molecular complexity index is 622. The highest BCUT2D eigenvalue weighted by Crippen LogP contribution is 2.41. The lowest BCUT2D eigenvalue weighted by molar-refractivity contribution is -0.120. The third-order valence-electron chi connectivity index (χ3n) is 3.37. The minimum atomic E-state index is -1.52. The predicted octanol–water partition coefficient (Wildman–Crippen LogP) is 2.18. The molecule has 0 fully saturated rings. The lowest BCUT2D eigenvalue weighted by Gasteiger charge is -2.23. The fourth-order valence-corrected chi connectivity index (χ4v) is 2.73. The summed E-state index contributed by atoms with van der Waals surface area (Å²) in [5.74, 6) is -1.47. The quantitative estimate of drug-likeness (QED) is 0.774. The number of carbonyl (C=O) groups is 1. The molecule has 1 aromatic rings. The molecule has 3 nitrogen and oxygen atoms in total. The SMILES string of the molecule is O=C1NC2=C(CC(O)(Cl)C=C2)C1c1ccccc1F. The molecule has 0 spiro atoms. The molecule has 1 aliphatic heterocycles. The Morgan fingerprint density at radius 2 is 2.16 bits per heavy atom. The largest absolute Gasteiger partial charge is 0.371 e. The number of rotatable bonds is 1. The van der Waals surface area contributed by atoms with Gasteiger partial charge in [-0.3, -0.25) is 4.79 Å². The van der Waals surface area contributed by atoms with E-state index in [0.29, 0.717) is 16.8 Å². The summed E-state index contributed by atoms with van der Waals surface area (Å²) < 4.78 is 13.9. The van der Waals surface area contributed by atoms with Gasteiger partial charge in [0.25, 0.3) is 0 Å². The molecule has 2 N–H and O–H groups in total. The van der Waals surface area contributed by atoms with E-state index in [1.165, 1.54) is 12.1 Å². The molecule has 0 saturated carbocycles. The van der Waals surface area contributed by atoms with E-state index in [1.54, 1.807) is 24.3 Å². The van der Waals surface area contributed by atoms with E-state index in [-0.39, 0.29) is 12.3 Å². The number of halogens is 2. The molecule has 5 heteroatoms. The molecule has 2 atom stereocenters. The molecule has 1 aromatic carbocycles. The van der Waals surface area contributed by atoms with E-state index < -0.39 is 16.8 Å². The van der Waals surface area contributed by atoms with Gasteiger partial charge in [0.15, 0.2) is 5.06 Å². The van der Waals surface area contributed by atoms with E-state index in [4.69, 9.17) is 11.6 Å². The summed E-state index contributed by atoms with van der Waals surface area (Å²) in [5.41, 5.74) is 1.52. The molecule has 2 unspecified atom stereocenters. The second kappa shape index (κ2) is 4.18. The molecule has 1 aliphatic carbocycles. The average molecular weight is 280 g/mol. The van der Waals surface area contributed by atoms with Gasteiger partial charge in [-0.15, -0.1) is 0 Å². The molecule has 3 rings (SSSR count). The fraction of sp³-hybridized carbons (Fsp3) is 0.214. The molecular weight excluding hydrogens is 269 g/mol. The molecule has 1 amide bonds. The Hall–Kier alpha value is -1.65. The molecular formula is C14H11ClFNO2. The first-order chi connectivity index (χ1) is 8.98. The minimum Gasteiger partial charge on any atom is -0.371 e. The Morgan fingerprint density at radius 1 is 1.42 bits per heavy atom. The summed E-state index contributed by atoms with van der Waals surface area (Å²) in [6.45, 7) is 0. The van der Waals surface area contributed by atoms with Gasteiger partial charge >= 0.3 is 0 Å². The zero-order valence-corrected chi connectivity index (χ0v) is 10.6. The van der Waals surface area contributed by atoms with Crippen molar-refractivity contribution in [2.24, 2.45) is 0 Å². The van der Waals surface area contributed by atoms with Crippen LogP contribution in [0.1, 0.15) is 17.9 Å². The van der Waals surface area contributed by atoms with Crippen molar-refractivity contribution in [1.82, 2.24) is 5.32 Å². The van der Waals surface area contributed by atoms with Gasteiger partial charge in [-0.2, -0.15) is 0 Å². The van der Waals surface area contributed by atoms with Crippen LogP contribution in [0.5, 0.6) is 0 Å². The summed E-state index contributed by atoms with van der Waals surface area (Å²) in [6.07, 6.45) is 3.07. The van der Waals surface area contributed by atoms with Crippen molar-refractivity contribution in [3.8, 4) is 0 Å². The van der Waals surface area contributed by atoms with Gasteiger partial charge in [-0.25, -0.2) is 4.39 Å². The maximum absolute atomic E-state index is 13.9. The van der Waals surface area contributed by atoms with Gasteiger partial charge in [0.1, 0.15) is 5.82 Å². The summed E-state index contributed by atoms with van der Waals surface area (Å²) >= 11 is 5.88. The van der Waals surface area contributed by atoms with Gasteiger partial charge in [-0.05, 0) is 23.8 Å².